The Bertz CT molecular complexity index is 3170. The Kier molecular flexibility index (Phi) is 6.55. The van der Waals surface area contributed by atoms with E-state index >= 15 is 0 Å². The quantitative estimate of drug-likeness (QED) is 0.181. The van der Waals surface area contributed by atoms with Gasteiger partial charge in [-0.2, -0.15) is 0 Å². The summed E-state index contributed by atoms with van der Waals surface area (Å²) < 4.78 is 8.89. The van der Waals surface area contributed by atoms with Crippen LogP contribution in [0.1, 0.15) is 0 Å². The average molecular weight is 677 g/mol. The smallest absolute Gasteiger partial charge is 0.137 e. The molecule has 11 aromatic rings. The van der Waals surface area contributed by atoms with E-state index in [0.717, 1.165) is 50.2 Å². The third-order valence-electron chi connectivity index (χ3n) is 10.7. The van der Waals surface area contributed by atoms with Crippen molar-refractivity contribution in [3.05, 3.63) is 194 Å². The highest BCUT2D eigenvalue weighted by Crippen LogP contribution is 2.46. The topological polar surface area (TPSA) is 21.3 Å². The number of fused-ring (bicyclic) bond motifs is 9. The van der Waals surface area contributed by atoms with Gasteiger partial charge in [-0.1, -0.05) is 127 Å². The van der Waals surface area contributed by atoms with Gasteiger partial charge >= 0.3 is 0 Å². The number of hydrogen-bond donors (Lipinski definition) is 0. The number of hydrogen-bond acceptors (Lipinski definition) is 2. The third-order valence-corrected chi connectivity index (χ3v) is 10.7. The van der Waals surface area contributed by atoms with Crippen molar-refractivity contribution < 1.29 is 4.42 Å². The van der Waals surface area contributed by atoms with E-state index < -0.39 is 0 Å². The molecule has 0 aliphatic carbocycles. The summed E-state index contributed by atoms with van der Waals surface area (Å²) in [5.74, 6) is 0. The molecule has 0 fully saturated rings. The summed E-state index contributed by atoms with van der Waals surface area (Å²) in [7, 11) is 0. The molecule has 3 heteroatoms. The molecule has 0 spiro atoms. The lowest BCUT2D eigenvalue weighted by Gasteiger charge is -2.25. The minimum atomic E-state index is 0.870. The van der Waals surface area contributed by atoms with Crippen molar-refractivity contribution in [2.24, 2.45) is 0 Å². The van der Waals surface area contributed by atoms with Crippen LogP contribution in [-0.2, 0) is 0 Å². The average Bonchev–Trinajstić information content (AvgIpc) is 3.77. The molecular weight excluding hydrogens is 645 g/mol. The molecule has 248 valence electrons. The Morgan fingerprint density at radius 3 is 1.87 bits per heavy atom. The molecule has 0 aliphatic heterocycles. The van der Waals surface area contributed by atoms with Gasteiger partial charge in [0.2, 0.25) is 0 Å². The zero-order chi connectivity index (χ0) is 34.9. The van der Waals surface area contributed by atoms with Gasteiger partial charge in [0.1, 0.15) is 11.2 Å². The number of anilines is 3. The molecule has 0 radical (unpaired) electrons. The molecule has 11 rings (SSSR count). The third kappa shape index (κ3) is 4.68. The molecule has 2 heterocycles. The fourth-order valence-corrected chi connectivity index (χ4v) is 8.32. The van der Waals surface area contributed by atoms with Crippen molar-refractivity contribution in [2.45, 2.75) is 0 Å². The summed E-state index contributed by atoms with van der Waals surface area (Å²) in [5.41, 5.74) is 10.9. The van der Waals surface area contributed by atoms with Gasteiger partial charge in [-0.05, 0) is 87.9 Å². The van der Waals surface area contributed by atoms with Gasteiger partial charge in [-0.25, -0.2) is 0 Å². The van der Waals surface area contributed by atoms with E-state index in [9.17, 15) is 0 Å². The fraction of sp³-hybridized carbons (Fsp3) is 0. The van der Waals surface area contributed by atoms with E-state index in [0.29, 0.717) is 0 Å². The molecule has 0 saturated heterocycles. The highest BCUT2D eigenvalue weighted by molar-refractivity contribution is 6.24. The minimum absolute atomic E-state index is 0.870. The second-order valence-electron chi connectivity index (χ2n) is 13.8. The van der Waals surface area contributed by atoms with Crippen LogP contribution in [0.15, 0.2) is 199 Å². The van der Waals surface area contributed by atoms with Gasteiger partial charge in [0.25, 0.3) is 0 Å². The molecule has 2 aromatic heterocycles. The normalized spacial score (nSPS) is 11.8. The van der Waals surface area contributed by atoms with Gasteiger partial charge in [-0.15, -0.1) is 0 Å². The second-order valence-corrected chi connectivity index (χ2v) is 13.8. The monoisotopic (exact) mass is 676 g/mol. The zero-order valence-electron chi connectivity index (χ0n) is 28.8. The highest BCUT2D eigenvalue weighted by atomic mass is 16.3. The number of benzene rings is 9. The summed E-state index contributed by atoms with van der Waals surface area (Å²) in [6.45, 7) is 0. The second kappa shape index (κ2) is 11.7. The van der Waals surface area contributed by atoms with E-state index in [1.807, 2.05) is 12.1 Å². The van der Waals surface area contributed by atoms with Crippen LogP contribution in [-0.4, -0.2) is 4.57 Å². The summed E-state index contributed by atoms with van der Waals surface area (Å²) >= 11 is 0. The lowest BCUT2D eigenvalue weighted by Crippen LogP contribution is -2.10. The molecular formula is C50H32N2O. The highest BCUT2D eigenvalue weighted by Gasteiger charge is 2.22. The van der Waals surface area contributed by atoms with Gasteiger partial charge in [0, 0.05) is 55.7 Å². The van der Waals surface area contributed by atoms with Crippen molar-refractivity contribution in [2.75, 3.05) is 4.90 Å². The number of nitrogens with zero attached hydrogens (tertiary/aromatic N) is 2. The summed E-state index contributed by atoms with van der Waals surface area (Å²) in [4.78, 5) is 2.34. The van der Waals surface area contributed by atoms with Crippen molar-refractivity contribution in [1.29, 1.82) is 0 Å². The van der Waals surface area contributed by atoms with Crippen LogP contribution in [0.25, 0.3) is 82.1 Å². The summed E-state index contributed by atoms with van der Waals surface area (Å²) in [6.07, 6.45) is 0. The summed E-state index contributed by atoms with van der Waals surface area (Å²) in [6, 6.07) is 69.8. The van der Waals surface area contributed by atoms with E-state index in [2.05, 4.69) is 191 Å². The van der Waals surface area contributed by atoms with E-state index in [4.69, 9.17) is 4.42 Å². The van der Waals surface area contributed by atoms with Crippen LogP contribution in [0.2, 0.25) is 0 Å². The maximum atomic E-state index is 6.40. The van der Waals surface area contributed by atoms with Gasteiger partial charge in [0.05, 0.1) is 11.0 Å². The van der Waals surface area contributed by atoms with Crippen LogP contribution in [0.4, 0.5) is 17.1 Å². The largest absolute Gasteiger partial charge is 0.456 e. The van der Waals surface area contributed by atoms with Crippen LogP contribution in [0.3, 0.4) is 0 Å². The van der Waals surface area contributed by atoms with Crippen LogP contribution >= 0.6 is 0 Å². The van der Waals surface area contributed by atoms with Crippen molar-refractivity contribution >= 4 is 82.4 Å². The molecule has 0 aliphatic rings. The number of para-hydroxylation sites is 2. The van der Waals surface area contributed by atoms with E-state index in [-0.39, 0.29) is 0 Å². The first-order valence-corrected chi connectivity index (χ1v) is 18.1. The predicted molar refractivity (Wildman–Crippen MR) is 223 cm³/mol. The lowest BCUT2D eigenvalue weighted by atomic mass is 9.95. The molecule has 0 N–H and O–H groups in total. The van der Waals surface area contributed by atoms with Crippen LogP contribution < -0.4 is 4.90 Å². The SMILES string of the molecule is c1ccc(-c2cc3ccccc3c3c2c2ccc(N(c4ccccc4)c4ccc5c(c4)oc4ccccc45)cc2n3-c2ccc3ccccc3c2)cc1. The maximum Gasteiger partial charge on any atom is 0.137 e. The molecule has 0 bridgehead atoms. The molecule has 9 aromatic carbocycles. The van der Waals surface area contributed by atoms with Crippen LogP contribution in [0, 0.1) is 0 Å². The first-order chi connectivity index (χ1) is 26.3. The predicted octanol–water partition coefficient (Wildman–Crippen LogP) is 14.1. The number of rotatable bonds is 5. The molecule has 0 atom stereocenters. The molecule has 0 amide bonds. The Morgan fingerprint density at radius 1 is 0.396 bits per heavy atom. The first kappa shape index (κ1) is 29.6. The van der Waals surface area contributed by atoms with Crippen molar-refractivity contribution in [1.82, 2.24) is 4.57 Å². The van der Waals surface area contributed by atoms with Crippen molar-refractivity contribution in [3.8, 4) is 16.8 Å². The van der Waals surface area contributed by atoms with E-state index in [1.54, 1.807) is 0 Å². The zero-order valence-corrected chi connectivity index (χ0v) is 28.8. The van der Waals surface area contributed by atoms with Gasteiger partial charge in [-0.3, -0.25) is 0 Å². The van der Waals surface area contributed by atoms with Gasteiger partial charge in [0.15, 0.2) is 0 Å². The Labute approximate surface area is 306 Å². The molecule has 0 saturated carbocycles. The molecule has 0 unspecified atom stereocenters. The number of aromatic nitrogens is 1. The van der Waals surface area contributed by atoms with Crippen LogP contribution in [0.5, 0.6) is 0 Å². The van der Waals surface area contributed by atoms with E-state index in [1.165, 1.54) is 49.0 Å². The van der Waals surface area contributed by atoms with Gasteiger partial charge < -0.3 is 13.9 Å². The first-order valence-electron chi connectivity index (χ1n) is 18.1. The maximum absolute atomic E-state index is 6.40. The molecule has 3 nitrogen and oxygen atoms in total. The Hall–Kier alpha value is -7.10. The molecule has 53 heavy (non-hydrogen) atoms. The lowest BCUT2D eigenvalue weighted by molar-refractivity contribution is 0.669. The minimum Gasteiger partial charge on any atom is -0.456 e. The number of furan rings is 1. The standard InChI is InChI=1S/C50H32N2O/c1-3-14-34(15-4-1)45-30-36-17-9-10-20-41(36)50-49(45)44-28-26-39(31-46(44)52(50)38-24-23-33-13-7-8-16-35(33)29-38)51(37-18-5-2-6-19-37)40-25-27-43-42-21-11-12-22-47(42)53-48(43)32-40/h1-32H. The fourth-order valence-electron chi connectivity index (χ4n) is 8.32. The Morgan fingerprint density at radius 2 is 1.04 bits per heavy atom. The Balaban J connectivity index is 1.24. The van der Waals surface area contributed by atoms with Crippen molar-refractivity contribution in [3.63, 3.8) is 0 Å². The summed E-state index contributed by atoms with van der Waals surface area (Å²) in [5, 5.41) is 9.58.